The van der Waals surface area contributed by atoms with Gasteiger partial charge in [-0.15, -0.1) is 0 Å². The van der Waals surface area contributed by atoms with E-state index in [4.69, 9.17) is 5.26 Å². The average molecular weight is 188 g/mol. The summed E-state index contributed by atoms with van der Waals surface area (Å²) in [5, 5.41) is 8.82. The third-order valence-electron chi connectivity index (χ3n) is 2.26. The molecule has 0 saturated carbocycles. The molecule has 1 aromatic carbocycles. The maximum atomic E-state index is 13.2. The molecule has 0 unspecified atom stereocenters. The quantitative estimate of drug-likeness (QED) is 0.631. The summed E-state index contributed by atoms with van der Waals surface area (Å²) in [7, 11) is 0. The molecule has 0 fully saturated rings. The van der Waals surface area contributed by atoms with Gasteiger partial charge in [-0.25, -0.2) is 4.39 Å². The summed E-state index contributed by atoms with van der Waals surface area (Å²) in [5.41, 5.74) is 0.814. The number of benzene rings is 1. The molecule has 1 aromatic rings. The van der Waals surface area contributed by atoms with Gasteiger partial charge in [0.25, 0.3) is 0 Å². The first-order valence-electron chi connectivity index (χ1n) is 4.41. The van der Waals surface area contributed by atoms with Crippen molar-refractivity contribution in [3.05, 3.63) is 41.7 Å². The number of hydrogen-bond donors (Lipinski definition) is 0. The van der Waals surface area contributed by atoms with Crippen molar-refractivity contribution in [3.8, 4) is 6.07 Å². The summed E-state index contributed by atoms with van der Waals surface area (Å²) in [5.74, 6) is -0.447. The third-order valence-corrected chi connectivity index (χ3v) is 2.26. The predicted molar refractivity (Wildman–Crippen MR) is 52.5 cm³/mol. The Kier molecular flexibility index (Phi) is 2.19. The summed E-state index contributed by atoms with van der Waals surface area (Å²) in [6.07, 6.45) is 4.01. The molecule has 1 heterocycles. The first-order chi connectivity index (χ1) is 6.83. The van der Waals surface area contributed by atoms with Crippen LogP contribution in [-0.4, -0.2) is 13.1 Å². The van der Waals surface area contributed by atoms with Gasteiger partial charge in [0.05, 0.1) is 5.69 Å². The van der Waals surface area contributed by atoms with Gasteiger partial charge in [-0.05, 0) is 12.1 Å². The summed E-state index contributed by atoms with van der Waals surface area (Å²) < 4.78 is 13.2. The van der Waals surface area contributed by atoms with Gasteiger partial charge in [0.2, 0.25) is 0 Å². The topological polar surface area (TPSA) is 27.0 Å². The normalized spacial score (nSPS) is 14.4. The van der Waals surface area contributed by atoms with Crippen LogP contribution in [0.15, 0.2) is 30.4 Å². The highest BCUT2D eigenvalue weighted by Gasteiger charge is 2.14. The molecule has 2 rings (SSSR count). The first kappa shape index (κ1) is 8.76. The zero-order chi connectivity index (χ0) is 9.97. The number of hydrogen-bond acceptors (Lipinski definition) is 2. The van der Waals surface area contributed by atoms with E-state index in [9.17, 15) is 4.39 Å². The van der Waals surface area contributed by atoms with E-state index in [1.807, 2.05) is 23.1 Å². The van der Waals surface area contributed by atoms with Gasteiger partial charge < -0.3 is 4.90 Å². The number of rotatable bonds is 1. The summed E-state index contributed by atoms with van der Waals surface area (Å²) in [6.45, 7) is 1.50. The molecular weight excluding hydrogens is 179 g/mol. The Morgan fingerprint density at radius 3 is 2.64 bits per heavy atom. The van der Waals surface area contributed by atoms with E-state index in [1.54, 1.807) is 12.1 Å². The van der Waals surface area contributed by atoms with Crippen LogP contribution in [0.4, 0.5) is 10.1 Å². The summed E-state index contributed by atoms with van der Waals surface area (Å²) in [6, 6.07) is 6.61. The van der Waals surface area contributed by atoms with Gasteiger partial charge in [0, 0.05) is 13.1 Å². The lowest BCUT2D eigenvalue weighted by molar-refractivity contribution is 0.623. The second kappa shape index (κ2) is 3.51. The molecule has 0 aliphatic carbocycles. The van der Waals surface area contributed by atoms with Crippen molar-refractivity contribution >= 4 is 5.69 Å². The van der Waals surface area contributed by atoms with Crippen molar-refractivity contribution in [3.63, 3.8) is 0 Å². The highest BCUT2D eigenvalue weighted by molar-refractivity contribution is 5.61. The lowest BCUT2D eigenvalue weighted by Crippen LogP contribution is -2.19. The van der Waals surface area contributed by atoms with Gasteiger partial charge in [-0.1, -0.05) is 18.2 Å². The lowest BCUT2D eigenvalue weighted by atomic mass is 10.1. The standard InChI is InChI=1S/C11H9FN2/c12-10-4-3-5-11(9(10)8-13)14-6-1-2-7-14/h1-5H,6-7H2. The smallest absolute Gasteiger partial charge is 0.143 e. The maximum absolute atomic E-state index is 13.2. The Balaban J connectivity index is 2.43. The van der Waals surface area contributed by atoms with Gasteiger partial charge in [-0.3, -0.25) is 0 Å². The van der Waals surface area contributed by atoms with E-state index in [1.165, 1.54) is 6.07 Å². The van der Waals surface area contributed by atoms with E-state index >= 15 is 0 Å². The van der Waals surface area contributed by atoms with Crippen molar-refractivity contribution in [2.75, 3.05) is 18.0 Å². The van der Waals surface area contributed by atoms with Crippen LogP contribution in [0.3, 0.4) is 0 Å². The molecule has 0 radical (unpaired) electrons. The van der Waals surface area contributed by atoms with Crippen LogP contribution in [0.1, 0.15) is 5.56 Å². The first-order valence-corrected chi connectivity index (χ1v) is 4.41. The number of halogens is 1. The summed E-state index contributed by atoms with van der Waals surface area (Å²) in [4.78, 5) is 1.96. The largest absolute Gasteiger partial charge is 0.363 e. The lowest BCUT2D eigenvalue weighted by Gasteiger charge is -2.18. The molecule has 0 amide bonds. The van der Waals surface area contributed by atoms with Crippen LogP contribution < -0.4 is 4.90 Å². The Morgan fingerprint density at radius 1 is 1.29 bits per heavy atom. The molecule has 0 atom stereocenters. The van der Waals surface area contributed by atoms with E-state index < -0.39 is 5.82 Å². The molecule has 0 aromatic heterocycles. The fourth-order valence-corrected chi connectivity index (χ4v) is 1.56. The molecule has 0 N–H and O–H groups in total. The number of anilines is 1. The Morgan fingerprint density at radius 2 is 2.00 bits per heavy atom. The highest BCUT2D eigenvalue weighted by atomic mass is 19.1. The Bertz CT molecular complexity index is 410. The molecule has 3 heteroatoms. The van der Waals surface area contributed by atoms with Crippen LogP contribution in [0.5, 0.6) is 0 Å². The van der Waals surface area contributed by atoms with Crippen LogP contribution in [-0.2, 0) is 0 Å². The van der Waals surface area contributed by atoms with Gasteiger partial charge in [-0.2, -0.15) is 5.26 Å². The van der Waals surface area contributed by atoms with E-state index in [-0.39, 0.29) is 5.56 Å². The second-order valence-corrected chi connectivity index (χ2v) is 3.12. The Hall–Kier alpha value is -1.82. The second-order valence-electron chi connectivity index (χ2n) is 3.12. The van der Waals surface area contributed by atoms with E-state index in [0.717, 1.165) is 13.1 Å². The van der Waals surface area contributed by atoms with Crippen LogP contribution in [0.2, 0.25) is 0 Å². The van der Waals surface area contributed by atoms with E-state index in [2.05, 4.69) is 0 Å². The molecule has 0 saturated heterocycles. The Labute approximate surface area is 81.9 Å². The zero-order valence-electron chi connectivity index (χ0n) is 7.57. The number of nitriles is 1. The summed E-state index contributed by atoms with van der Waals surface area (Å²) >= 11 is 0. The minimum Gasteiger partial charge on any atom is -0.363 e. The van der Waals surface area contributed by atoms with Crippen LogP contribution in [0, 0.1) is 17.1 Å². The van der Waals surface area contributed by atoms with E-state index in [0.29, 0.717) is 5.69 Å². The molecular formula is C11H9FN2. The van der Waals surface area contributed by atoms with Gasteiger partial charge >= 0.3 is 0 Å². The van der Waals surface area contributed by atoms with Crippen molar-refractivity contribution in [2.24, 2.45) is 0 Å². The fraction of sp³-hybridized carbons (Fsp3) is 0.182. The molecule has 0 bridgehead atoms. The number of nitrogens with zero attached hydrogens (tertiary/aromatic N) is 2. The van der Waals surface area contributed by atoms with Gasteiger partial charge in [0.15, 0.2) is 0 Å². The van der Waals surface area contributed by atoms with Crippen LogP contribution in [0.25, 0.3) is 0 Å². The van der Waals surface area contributed by atoms with Gasteiger partial charge in [0.1, 0.15) is 17.4 Å². The molecule has 2 nitrogen and oxygen atoms in total. The molecule has 14 heavy (non-hydrogen) atoms. The molecule has 0 spiro atoms. The third kappa shape index (κ3) is 1.35. The minimum atomic E-state index is -0.447. The minimum absolute atomic E-state index is 0.135. The average Bonchev–Trinajstić information content (AvgIpc) is 2.70. The fourth-order valence-electron chi connectivity index (χ4n) is 1.56. The van der Waals surface area contributed by atoms with Crippen molar-refractivity contribution in [2.45, 2.75) is 0 Å². The molecule has 1 aliphatic heterocycles. The van der Waals surface area contributed by atoms with Crippen molar-refractivity contribution in [1.29, 1.82) is 5.26 Å². The van der Waals surface area contributed by atoms with Crippen molar-refractivity contribution < 1.29 is 4.39 Å². The zero-order valence-corrected chi connectivity index (χ0v) is 7.57. The monoisotopic (exact) mass is 188 g/mol. The van der Waals surface area contributed by atoms with Crippen LogP contribution >= 0.6 is 0 Å². The molecule has 70 valence electrons. The molecule has 1 aliphatic rings. The predicted octanol–water partition coefficient (Wildman–Crippen LogP) is 2.07. The SMILES string of the molecule is N#Cc1c(F)cccc1N1CC=CC1. The highest BCUT2D eigenvalue weighted by Crippen LogP contribution is 2.23. The van der Waals surface area contributed by atoms with Crippen molar-refractivity contribution in [1.82, 2.24) is 0 Å². The maximum Gasteiger partial charge on any atom is 0.143 e.